The van der Waals surface area contributed by atoms with Crippen molar-refractivity contribution >= 4 is 23.5 Å². The van der Waals surface area contributed by atoms with Crippen molar-refractivity contribution in [3.63, 3.8) is 0 Å². The fourth-order valence-electron chi connectivity index (χ4n) is 2.44. The molecule has 0 bridgehead atoms. The first-order valence-electron chi connectivity index (χ1n) is 6.77. The van der Waals surface area contributed by atoms with Crippen molar-refractivity contribution in [1.29, 1.82) is 0 Å². The maximum atomic E-state index is 11.2. The van der Waals surface area contributed by atoms with Gasteiger partial charge in [-0.3, -0.25) is 4.79 Å². The third kappa shape index (κ3) is 3.00. The van der Waals surface area contributed by atoms with Gasteiger partial charge >= 0.3 is 6.01 Å². The summed E-state index contributed by atoms with van der Waals surface area (Å²) in [6.45, 7) is 1.37. The van der Waals surface area contributed by atoms with E-state index in [0.717, 1.165) is 5.56 Å². The Labute approximate surface area is 126 Å². The van der Waals surface area contributed by atoms with Crippen molar-refractivity contribution in [2.75, 3.05) is 18.0 Å². The third-order valence-electron chi connectivity index (χ3n) is 3.67. The molecule has 0 unspecified atom stereocenters. The molecule has 1 aliphatic rings. The number of rotatable bonds is 3. The molecule has 0 saturated carbocycles. The lowest BCUT2D eigenvalue weighted by molar-refractivity contribution is -0.122. The Kier molecular flexibility index (Phi) is 3.79. The Balaban J connectivity index is 1.73. The largest absolute Gasteiger partial charge is 0.369 e. The van der Waals surface area contributed by atoms with E-state index in [9.17, 15) is 4.79 Å². The number of benzene rings is 1. The van der Waals surface area contributed by atoms with Crippen molar-refractivity contribution in [2.24, 2.45) is 11.7 Å². The Morgan fingerprint density at radius 2 is 2.14 bits per heavy atom. The van der Waals surface area contributed by atoms with E-state index >= 15 is 0 Å². The van der Waals surface area contributed by atoms with E-state index in [-0.39, 0.29) is 11.8 Å². The Morgan fingerprint density at radius 1 is 1.38 bits per heavy atom. The molecule has 6 nitrogen and oxygen atoms in total. The molecule has 0 aliphatic carbocycles. The highest BCUT2D eigenvalue weighted by molar-refractivity contribution is 6.30. The van der Waals surface area contributed by atoms with Gasteiger partial charge in [0.25, 0.3) is 0 Å². The Morgan fingerprint density at radius 3 is 2.81 bits per heavy atom. The summed E-state index contributed by atoms with van der Waals surface area (Å²) in [6, 6.07) is 7.76. The molecule has 1 fully saturated rings. The molecule has 2 N–H and O–H groups in total. The van der Waals surface area contributed by atoms with E-state index in [1.165, 1.54) is 0 Å². The van der Waals surface area contributed by atoms with Crippen LogP contribution in [0.5, 0.6) is 0 Å². The minimum absolute atomic E-state index is 0.0587. The number of nitrogens with two attached hydrogens (primary N) is 1. The van der Waals surface area contributed by atoms with Gasteiger partial charge in [0, 0.05) is 29.6 Å². The second-order valence-electron chi connectivity index (χ2n) is 5.07. The van der Waals surface area contributed by atoms with Crippen LogP contribution in [0.2, 0.25) is 5.02 Å². The maximum absolute atomic E-state index is 11.2. The standard InChI is InChI=1S/C14H15ClN4O2/c15-11-3-1-2-10(8-11)13-17-14(21-18-13)19-6-4-9(5-7-19)12(16)20/h1-3,8-9H,4-7H2,(H2,16,20). The predicted octanol–water partition coefficient (Wildman–Crippen LogP) is 2.09. The highest BCUT2D eigenvalue weighted by Crippen LogP contribution is 2.25. The van der Waals surface area contributed by atoms with Crippen molar-refractivity contribution < 1.29 is 9.32 Å². The fraction of sp³-hybridized carbons (Fsp3) is 0.357. The van der Waals surface area contributed by atoms with Gasteiger partial charge in [0.1, 0.15) is 0 Å². The van der Waals surface area contributed by atoms with Gasteiger partial charge in [-0.05, 0) is 25.0 Å². The molecule has 7 heteroatoms. The fourth-order valence-corrected chi connectivity index (χ4v) is 2.63. The van der Waals surface area contributed by atoms with Gasteiger partial charge in [0.2, 0.25) is 11.7 Å². The topological polar surface area (TPSA) is 85.3 Å². The molecular formula is C14H15ClN4O2. The van der Waals surface area contributed by atoms with Crippen LogP contribution in [-0.4, -0.2) is 29.1 Å². The number of nitrogens with zero attached hydrogens (tertiary/aromatic N) is 3. The predicted molar refractivity (Wildman–Crippen MR) is 78.9 cm³/mol. The molecular weight excluding hydrogens is 292 g/mol. The normalized spacial score (nSPS) is 16.1. The lowest BCUT2D eigenvalue weighted by Gasteiger charge is -2.28. The summed E-state index contributed by atoms with van der Waals surface area (Å²) >= 11 is 5.96. The first-order valence-corrected chi connectivity index (χ1v) is 7.15. The quantitative estimate of drug-likeness (QED) is 0.938. The monoisotopic (exact) mass is 306 g/mol. The maximum Gasteiger partial charge on any atom is 0.324 e. The number of hydrogen-bond acceptors (Lipinski definition) is 5. The molecule has 0 radical (unpaired) electrons. The summed E-state index contributed by atoms with van der Waals surface area (Å²) in [7, 11) is 0. The highest BCUT2D eigenvalue weighted by Gasteiger charge is 2.26. The molecule has 1 aromatic heterocycles. The number of primary amides is 1. The van der Waals surface area contributed by atoms with Gasteiger partial charge in [-0.2, -0.15) is 4.98 Å². The van der Waals surface area contributed by atoms with Crippen LogP contribution in [0.3, 0.4) is 0 Å². The number of piperidine rings is 1. The smallest absolute Gasteiger partial charge is 0.324 e. The van der Waals surface area contributed by atoms with Crippen LogP contribution in [0.4, 0.5) is 6.01 Å². The minimum Gasteiger partial charge on any atom is -0.369 e. The molecule has 0 atom stereocenters. The van der Waals surface area contributed by atoms with E-state index in [4.69, 9.17) is 21.9 Å². The first-order chi connectivity index (χ1) is 10.1. The van der Waals surface area contributed by atoms with Gasteiger partial charge in [-0.1, -0.05) is 28.9 Å². The summed E-state index contributed by atoms with van der Waals surface area (Å²) in [5.74, 6) is 0.209. The Bertz CT molecular complexity index is 650. The highest BCUT2D eigenvalue weighted by atomic mass is 35.5. The molecule has 1 aromatic carbocycles. The molecule has 21 heavy (non-hydrogen) atoms. The first kappa shape index (κ1) is 13.9. The van der Waals surface area contributed by atoms with Crippen LogP contribution < -0.4 is 10.6 Å². The van der Waals surface area contributed by atoms with E-state index in [0.29, 0.717) is 42.8 Å². The van der Waals surface area contributed by atoms with Crippen molar-refractivity contribution in [2.45, 2.75) is 12.8 Å². The summed E-state index contributed by atoms with van der Waals surface area (Å²) in [4.78, 5) is 17.5. The van der Waals surface area contributed by atoms with E-state index in [2.05, 4.69) is 10.1 Å². The number of amides is 1. The average Bonchev–Trinajstić information content (AvgIpc) is 2.97. The molecule has 1 aliphatic heterocycles. The lowest BCUT2D eigenvalue weighted by atomic mass is 9.97. The number of carbonyl (C=O) groups is 1. The third-order valence-corrected chi connectivity index (χ3v) is 3.90. The van der Waals surface area contributed by atoms with Crippen molar-refractivity contribution in [3.8, 4) is 11.4 Å². The molecule has 1 saturated heterocycles. The SMILES string of the molecule is NC(=O)C1CCN(c2nc(-c3cccc(Cl)c3)no2)CC1. The second-order valence-corrected chi connectivity index (χ2v) is 5.51. The van der Waals surface area contributed by atoms with E-state index < -0.39 is 0 Å². The summed E-state index contributed by atoms with van der Waals surface area (Å²) in [6.07, 6.45) is 1.43. The number of anilines is 1. The van der Waals surface area contributed by atoms with Crippen LogP contribution >= 0.6 is 11.6 Å². The van der Waals surface area contributed by atoms with Gasteiger partial charge < -0.3 is 15.2 Å². The number of halogens is 1. The van der Waals surface area contributed by atoms with Crippen LogP contribution in [0.15, 0.2) is 28.8 Å². The molecule has 110 valence electrons. The molecule has 3 rings (SSSR count). The van der Waals surface area contributed by atoms with Gasteiger partial charge in [-0.15, -0.1) is 0 Å². The van der Waals surface area contributed by atoms with Crippen LogP contribution in [-0.2, 0) is 4.79 Å². The molecule has 1 amide bonds. The number of aromatic nitrogens is 2. The number of hydrogen-bond donors (Lipinski definition) is 1. The molecule has 2 aromatic rings. The molecule has 2 heterocycles. The van der Waals surface area contributed by atoms with E-state index in [1.54, 1.807) is 12.1 Å². The van der Waals surface area contributed by atoms with Crippen molar-refractivity contribution in [1.82, 2.24) is 10.1 Å². The van der Waals surface area contributed by atoms with Crippen LogP contribution in [0, 0.1) is 5.92 Å². The van der Waals surface area contributed by atoms with Gasteiger partial charge in [0.05, 0.1) is 0 Å². The van der Waals surface area contributed by atoms with Gasteiger partial charge in [-0.25, -0.2) is 0 Å². The van der Waals surface area contributed by atoms with Crippen molar-refractivity contribution in [3.05, 3.63) is 29.3 Å². The van der Waals surface area contributed by atoms with Gasteiger partial charge in [0.15, 0.2) is 0 Å². The zero-order valence-corrected chi connectivity index (χ0v) is 12.1. The summed E-state index contributed by atoms with van der Waals surface area (Å²) < 4.78 is 5.30. The zero-order valence-electron chi connectivity index (χ0n) is 11.3. The average molecular weight is 307 g/mol. The summed E-state index contributed by atoms with van der Waals surface area (Å²) in [5.41, 5.74) is 6.13. The second kappa shape index (κ2) is 5.73. The zero-order chi connectivity index (χ0) is 14.8. The molecule has 0 spiro atoms. The summed E-state index contributed by atoms with van der Waals surface area (Å²) in [5, 5.41) is 4.60. The minimum atomic E-state index is -0.236. The van der Waals surface area contributed by atoms with Crippen LogP contribution in [0.1, 0.15) is 12.8 Å². The Hall–Kier alpha value is -2.08. The number of carbonyl (C=O) groups excluding carboxylic acids is 1. The van der Waals surface area contributed by atoms with E-state index in [1.807, 2.05) is 17.0 Å². The van der Waals surface area contributed by atoms with Crippen LogP contribution in [0.25, 0.3) is 11.4 Å². The lowest BCUT2D eigenvalue weighted by Crippen LogP contribution is -2.38.